The van der Waals surface area contributed by atoms with Gasteiger partial charge >= 0.3 is 6.03 Å². The Balaban J connectivity index is 1.67. The first-order valence-electron chi connectivity index (χ1n) is 9.28. The van der Waals surface area contributed by atoms with Crippen molar-refractivity contribution < 1.29 is 9.53 Å². The summed E-state index contributed by atoms with van der Waals surface area (Å²) in [4.78, 5) is 18.8. The lowest BCUT2D eigenvalue weighted by molar-refractivity contribution is 0.189. The van der Waals surface area contributed by atoms with Crippen molar-refractivity contribution in [1.29, 1.82) is 0 Å². The number of benzene rings is 1. The molecule has 3 rings (SSSR count). The molecule has 1 N–H and O–H groups in total. The summed E-state index contributed by atoms with van der Waals surface area (Å²) >= 11 is 0. The van der Waals surface area contributed by atoms with Crippen molar-refractivity contribution in [2.24, 2.45) is 0 Å². The van der Waals surface area contributed by atoms with E-state index in [1.807, 2.05) is 62.1 Å². The molecule has 2 unspecified atom stereocenters. The van der Waals surface area contributed by atoms with Crippen LogP contribution in [0.4, 0.5) is 4.79 Å². The number of pyridine rings is 1. The van der Waals surface area contributed by atoms with Gasteiger partial charge in [0.05, 0.1) is 18.2 Å². The normalized spacial score (nSPS) is 18.0. The molecule has 1 aliphatic rings. The highest BCUT2D eigenvalue weighted by Gasteiger charge is 2.30. The second kappa shape index (κ2) is 8.21. The van der Waals surface area contributed by atoms with Gasteiger partial charge in [-0.05, 0) is 69.0 Å². The van der Waals surface area contributed by atoms with Gasteiger partial charge in [-0.25, -0.2) is 4.79 Å². The van der Waals surface area contributed by atoms with Crippen molar-refractivity contribution in [3.63, 3.8) is 0 Å². The molecule has 2 aromatic rings. The van der Waals surface area contributed by atoms with Crippen molar-refractivity contribution >= 4 is 6.03 Å². The van der Waals surface area contributed by atoms with E-state index in [1.54, 1.807) is 12.4 Å². The minimum atomic E-state index is -0.0862. The van der Waals surface area contributed by atoms with Crippen molar-refractivity contribution in [2.45, 2.75) is 51.8 Å². The molecule has 5 heteroatoms. The number of carbonyl (C=O) groups excluding carboxylic acids is 1. The lowest BCUT2D eigenvalue weighted by atomic mass is 10.1. The summed E-state index contributed by atoms with van der Waals surface area (Å²) in [7, 11) is 0. The summed E-state index contributed by atoms with van der Waals surface area (Å²) in [5, 5.41) is 3.13. The maximum atomic E-state index is 12.8. The van der Waals surface area contributed by atoms with E-state index < -0.39 is 0 Å². The zero-order valence-corrected chi connectivity index (χ0v) is 15.7. The number of amides is 2. The van der Waals surface area contributed by atoms with Crippen molar-refractivity contribution in [3.05, 3.63) is 59.9 Å². The highest BCUT2D eigenvalue weighted by atomic mass is 16.5. The third kappa shape index (κ3) is 4.34. The Kier molecular flexibility index (Phi) is 5.76. The Morgan fingerprint density at radius 2 is 2.00 bits per heavy atom. The molecule has 0 radical (unpaired) electrons. The molecule has 138 valence electrons. The monoisotopic (exact) mass is 353 g/mol. The Bertz CT molecular complexity index is 733. The van der Waals surface area contributed by atoms with Gasteiger partial charge in [0.15, 0.2) is 0 Å². The minimum Gasteiger partial charge on any atom is -0.491 e. The fourth-order valence-corrected chi connectivity index (χ4v) is 3.42. The van der Waals surface area contributed by atoms with Gasteiger partial charge in [-0.1, -0.05) is 12.1 Å². The third-order valence-corrected chi connectivity index (χ3v) is 4.67. The van der Waals surface area contributed by atoms with Crippen LogP contribution in [0.25, 0.3) is 0 Å². The van der Waals surface area contributed by atoms with E-state index in [0.717, 1.165) is 36.3 Å². The predicted octanol–water partition coefficient (Wildman–Crippen LogP) is 4.48. The molecular weight excluding hydrogens is 326 g/mol. The SMILES string of the molecule is CC(C)Oc1cccc(C(C)NC(=O)N2CCCC2c2ccncc2)c1. The van der Waals surface area contributed by atoms with Gasteiger partial charge in [0.25, 0.3) is 0 Å². The molecule has 0 saturated carbocycles. The van der Waals surface area contributed by atoms with Crippen LogP contribution in [0.15, 0.2) is 48.8 Å². The number of hydrogen-bond donors (Lipinski definition) is 1. The summed E-state index contributed by atoms with van der Waals surface area (Å²) < 4.78 is 5.76. The molecule has 0 aliphatic carbocycles. The van der Waals surface area contributed by atoms with Crippen LogP contribution in [-0.2, 0) is 0 Å². The van der Waals surface area contributed by atoms with Gasteiger partial charge in [-0.3, -0.25) is 4.98 Å². The molecule has 1 aromatic carbocycles. The highest BCUT2D eigenvalue weighted by Crippen LogP contribution is 2.32. The Morgan fingerprint density at radius 1 is 1.23 bits per heavy atom. The minimum absolute atomic E-state index is 0.0213. The number of rotatable bonds is 5. The van der Waals surface area contributed by atoms with Gasteiger partial charge in [-0.15, -0.1) is 0 Å². The Hall–Kier alpha value is -2.56. The lowest BCUT2D eigenvalue weighted by Crippen LogP contribution is -2.40. The van der Waals surface area contributed by atoms with Crippen LogP contribution in [0, 0.1) is 0 Å². The summed E-state index contributed by atoms with van der Waals surface area (Å²) in [5.41, 5.74) is 2.18. The number of nitrogens with zero attached hydrogens (tertiary/aromatic N) is 2. The fraction of sp³-hybridized carbons (Fsp3) is 0.429. The number of hydrogen-bond acceptors (Lipinski definition) is 3. The van der Waals surface area contributed by atoms with E-state index in [2.05, 4.69) is 10.3 Å². The maximum Gasteiger partial charge on any atom is 0.318 e. The second-order valence-corrected chi connectivity index (χ2v) is 7.04. The van der Waals surface area contributed by atoms with Crippen LogP contribution in [-0.4, -0.2) is 28.6 Å². The summed E-state index contributed by atoms with van der Waals surface area (Å²) in [5.74, 6) is 0.828. The van der Waals surface area contributed by atoms with Crippen LogP contribution >= 0.6 is 0 Å². The van der Waals surface area contributed by atoms with Gasteiger partial charge in [-0.2, -0.15) is 0 Å². The molecule has 2 atom stereocenters. The van der Waals surface area contributed by atoms with Gasteiger partial charge in [0.2, 0.25) is 0 Å². The molecule has 5 nitrogen and oxygen atoms in total. The van der Waals surface area contributed by atoms with Crippen LogP contribution in [0.1, 0.15) is 56.8 Å². The number of likely N-dealkylation sites (tertiary alicyclic amines) is 1. The van der Waals surface area contributed by atoms with E-state index in [4.69, 9.17) is 4.74 Å². The molecule has 0 bridgehead atoms. The quantitative estimate of drug-likeness (QED) is 0.862. The molecule has 1 aliphatic heterocycles. The van der Waals surface area contributed by atoms with Crippen molar-refractivity contribution in [3.8, 4) is 5.75 Å². The molecule has 26 heavy (non-hydrogen) atoms. The molecule has 1 fully saturated rings. The average molecular weight is 353 g/mol. The number of carbonyl (C=O) groups is 1. The summed E-state index contributed by atoms with van der Waals surface area (Å²) in [6, 6.07) is 11.9. The van der Waals surface area contributed by atoms with Gasteiger partial charge in [0.1, 0.15) is 5.75 Å². The first kappa shape index (κ1) is 18.2. The zero-order chi connectivity index (χ0) is 18.5. The van der Waals surface area contributed by atoms with Crippen LogP contribution < -0.4 is 10.1 Å². The summed E-state index contributed by atoms with van der Waals surface area (Å²) in [6.07, 6.45) is 5.70. The second-order valence-electron chi connectivity index (χ2n) is 7.04. The largest absolute Gasteiger partial charge is 0.491 e. The van der Waals surface area contributed by atoms with Crippen LogP contribution in [0.2, 0.25) is 0 Å². The summed E-state index contributed by atoms with van der Waals surface area (Å²) in [6.45, 7) is 6.79. The van der Waals surface area contributed by atoms with Gasteiger partial charge in [0, 0.05) is 18.9 Å². The average Bonchev–Trinajstić information content (AvgIpc) is 3.12. The molecule has 2 heterocycles. The van der Waals surface area contributed by atoms with E-state index in [9.17, 15) is 4.79 Å². The van der Waals surface area contributed by atoms with E-state index in [0.29, 0.717) is 0 Å². The Labute approximate surface area is 155 Å². The van der Waals surface area contributed by atoms with E-state index in [1.165, 1.54) is 0 Å². The first-order chi connectivity index (χ1) is 12.5. The smallest absolute Gasteiger partial charge is 0.318 e. The van der Waals surface area contributed by atoms with Crippen LogP contribution in [0.3, 0.4) is 0 Å². The fourth-order valence-electron chi connectivity index (χ4n) is 3.42. The zero-order valence-electron chi connectivity index (χ0n) is 15.7. The Morgan fingerprint density at radius 3 is 2.73 bits per heavy atom. The molecule has 2 amide bonds. The predicted molar refractivity (Wildman–Crippen MR) is 102 cm³/mol. The first-order valence-corrected chi connectivity index (χ1v) is 9.28. The molecular formula is C21H27N3O2. The van der Waals surface area contributed by atoms with E-state index in [-0.39, 0.29) is 24.2 Å². The molecule has 1 aromatic heterocycles. The number of urea groups is 1. The van der Waals surface area contributed by atoms with E-state index >= 15 is 0 Å². The maximum absolute atomic E-state index is 12.8. The molecule has 0 spiro atoms. The molecule has 1 saturated heterocycles. The number of nitrogens with one attached hydrogen (secondary N) is 1. The number of ether oxygens (including phenoxy) is 1. The van der Waals surface area contributed by atoms with Crippen molar-refractivity contribution in [1.82, 2.24) is 15.2 Å². The topological polar surface area (TPSA) is 54.5 Å². The third-order valence-electron chi connectivity index (χ3n) is 4.67. The highest BCUT2D eigenvalue weighted by molar-refractivity contribution is 5.75. The standard InChI is InChI=1S/C21H27N3O2/c1-15(2)26-19-7-4-6-18(14-19)16(3)23-21(25)24-13-5-8-20(24)17-9-11-22-12-10-17/h4,6-7,9-12,14-16,20H,5,8,13H2,1-3H3,(H,23,25). The lowest BCUT2D eigenvalue weighted by Gasteiger charge is -2.27. The number of aromatic nitrogens is 1. The van der Waals surface area contributed by atoms with Gasteiger partial charge < -0.3 is 15.0 Å². The van der Waals surface area contributed by atoms with Crippen molar-refractivity contribution in [2.75, 3.05) is 6.54 Å². The van der Waals surface area contributed by atoms with Crippen LogP contribution in [0.5, 0.6) is 5.75 Å².